The molecule has 0 saturated heterocycles. The Hall–Kier alpha value is -2.20. The van der Waals surface area contributed by atoms with Crippen LogP contribution in [-0.4, -0.2) is 75.6 Å². The number of rotatable bonds is 9. The number of hydrogen-bond donors (Lipinski definition) is 2. The summed E-state index contributed by atoms with van der Waals surface area (Å²) in [5.74, 6) is -1.02. The minimum Gasteiger partial charge on any atom is -0.481 e. The Morgan fingerprint density at radius 3 is 1.78 bits per heavy atom. The Morgan fingerprint density at radius 2 is 1.34 bits per heavy atom. The molecule has 0 unspecified atom stereocenters. The van der Waals surface area contributed by atoms with Crippen molar-refractivity contribution >= 4 is 12.1 Å². The van der Waals surface area contributed by atoms with Crippen molar-refractivity contribution in [2.75, 3.05) is 28.4 Å². The summed E-state index contributed by atoms with van der Waals surface area (Å²) in [6, 6.07) is 9.29. The third-order valence-corrected chi connectivity index (χ3v) is 7.12. The number of hydrogen-bond acceptors (Lipinski definition) is 7. The summed E-state index contributed by atoms with van der Waals surface area (Å²) in [4.78, 5) is 25.7. The third kappa shape index (κ3) is 4.47. The highest BCUT2D eigenvalue weighted by Gasteiger charge is 2.67. The molecule has 2 N–H and O–H groups in total. The highest BCUT2D eigenvalue weighted by molar-refractivity contribution is 5.80. The quantitative estimate of drug-likeness (QED) is 0.589. The second-order valence-electron chi connectivity index (χ2n) is 8.57. The fourth-order valence-electron chi connectivity index (χ4n) is 5.34. The van der Waals surface area contributed by atoms with Crippen molar-refractivity contribution in [2.24, 2.45) is 5.41 Å². The molecule has 2 aliphatic rings. The van der Waals surface area contributed by atoms with Gasteiger partial charge in [-0.25, -0.2) is 4.79 Å². The molecule has 2 saturated carbocycles. The van der Waals surface area contributed by atoms with Crippen molar-refractivity contribution in [2.45, 2.75) is 62.2 Å². The molecule has 0 bridgehead atoms. The summed E-state index contributed by atoms with van der Waals surface area (Å²) in [6.07, 6.45) is -1.39. The lowest BCUT2D eigenvalue weighted by Gasteiger charge is -2.44. The molecule has 0 heterocycles. The molecule has 0 spiro atoms. The minimum absolute atomic E-state index is 0.0750. The Labute approximate surface area is 188 Å². The Bertz CT molecular complexity index is 761. The third-order valence-electron chi connectivity index (χ3n) is 7.12. The van der Waals surface area contributed by atoms with Crippen molar-refractivity contribution in [1.82, 2.24) is 5.32 Å². The molecular weight excluding hydrogens is 418 g/mol. The molecule has 0 aromatic heterocycles. The molecule has 1 aromatic carbocycles. The van der Waals surface area contributed by atoms with Gasteiger partial charge >= 0.3 is 12.1 Å². The zero-order chi connectivity index (χ0) is 23.4. The molecule has 0 aliphatic heterocycles. The maximum atomic E-state index is 12.9. The predicted octanol–water partition coefficient (Wildman–Crippen LogP) is 2.37. The van der Waals surface area contributed by atoms with Crippen LogP contribution in [0.15, 0.2) is 30.3 Å². The number of carbonyl (C=O) groups is 2. The summed E-state index contributed by atoms with van der Waals surface area (Å²) >= 11 is 0. The molecule has 2 aliphatic carbocycles. The lowest BCUT2D eigenvalue weighted by atomic mass is 9.66. The molecule has 3 rings (SSSR count). The summed E-state index contributed by atoms with van der Waals surface area (Å²) in [5.41, 5.74) is -1.68. The molecule has 2 fully saturated rings. The first-order valence-electron chi connectivity index (χ1n) is 10.7. The fraction of sp³-hybridized carbons (Fsp3) is 0.652. The van der Waals surface area contributed by atoms with Gasteiger partial charge in [-0.3, -0.25) is 4.79 Å². The maximum Gasteiger partial charge on any atom is 0.407 e. The number of carboxylic acids is 1. The van der Waals surface area contributed by atoms with E-state index in [-0.39, 0.29) is 44.5 Å². The van der Waals surface area contributed by atoms with E-state index in [1.807, 2.05) is 30.3 Å². The van der Waals surface area contributed by atoms with Gasteiger partial charge in [-0.1, -0.05) is 30.3 Å². The van der Waals surface area contributed by atoms with E-state index in [9.17, 15) is 14.7 Å². The van der Waals surface area contributed by atoms with Crippen LogP contribution in [0.5, 0.6) is 0 Å². The van der Waals surface area contributed by atoms with Crippen molar-refractivity contribution in [3.8, 4) is 0 Å². The first-order valence-corrected chi connectivity index (χ1v) is 10.7. The molecular formula is C23H33NO8. The van der Waals surface area contributed by atoms with Crippen LogP contribution >= 0.6 is 0 Å². The SMILES string of the molecule is CO[C@H]1CC(NC(=O)OCc2ccccc2)(C2(C(=O)O)C[C@H](OC)[C@@H](OC)C2)C[C@@H]1OC. The molecule has 178 valence electrons. The van der Waals surface area contributed by atoms with E-state index in [0.29, 0.717) is 0 Å². The second kappa shape index (κ2) is 10.2. The number of carboxylic acid groups (broad SMARTS) is 1. The zero-order valence-corrected chi connectivity index (χ0v) is 19.0. The fourth-order valence-corrected chi connectivity index (χ4v) is 5.34. The Morgan fingerprint density at radius 1 is 0.875 bits per heavy atom. The highest BCUT2D eigenvalue weighted by atomic mass is 16.6. The summed E-state index contributed by atoms with van der Waals surface area (Å²) in [6.45, 7) is 0.0750. The molecule has 9 nitrogen and oxygen atoms in total. The molecule has 1 amide bonds. The van der Waals surface area contributed by atoms with Crippen LogP contribution in [0.25, 0.3) is 0 Å². The standard InChI is InChI=1S/C23H33NO8/c1-28-16-10-22(20(25)26,11-17(16)29-2)23(12-18(30-3)19(13-23)31-4)24-21(27)32-14-15-8-6-5-7-9-15/h5-9,16-19H,10-14H2,1-4H3,(H,24,27)(H,25,26)/t16-,17-,18-,19-/m0/s1. The van der Waals surface area contributed by atoms with Gasteiger partial charge in [-0.15, -0.1) is 0 Å². The highest BCUT2D eigenvalue weighted by Crippen LogP contribution is 2.55. The molecule has 1 aromatic rings. The Kier molecular flexibility index (Phi) is 7.76. The smallest absolute Gasteiger partial charge is 0.407 e. The van der Waals surface area contributed by atoms with Crippen LogP contribution < -0.4 is 5.32 Å². The van der Waals surface area contributed by atoms with Gasteiger partial charge in [-0.05, 0) is 18.4 Å². The average Bonchev–Trinajstić information content (AvgIpc) is 3.38. The van der Waals surface area contributed by atoms with Crippen molar-refractivity contribution < 1.29 is 38.4 Å². The lowest BCUT2D eigenvalue weighted by Crippen LogP contribution is -2.62. The van der Waals surface area contributed by atoms with Gasteiger partial charge in [0.25, 0.3) is 0 Å². The van der Waals surface area contributed by atoms with Crippen molar-refractivity contribution in [1.29, 1.82) is 0 Å². The van der Waals surface area contributed by atoms with Crippen LogP contribution in [0.3, 0.4) is 0 Å². The lowest BCUT2D eigenvalue weighted by molar-refractivity contribution is -0.156. The average molecular weight is 452 g/mol. The topological polar surface area (TPSA) is 113 Å². The van der Waals surface area contributed by atoms with Gasteiger partial charge in [-0.2, -0.15) is 0 Å². The summed E-state index contributed by atoms with van der Waals surface area (Å²) < 4.78 is 27.7. The Balaban J connectivity index is 1.92. The van der Waals surface area contributed by atoms with Crippen molar-refractivity contribution in [3.05, 3.63) is 35.9 Å². The number of methoxy groups -OCH3 is 4. The van der Waals surface area contributed by atoms with Gasteiger partial charge in [0.05, 0.1) is 35.4 Å². The van der Waals surface area contributed by atoms with E-state index >= 15 is 0 Å². The number of benzene rings is 1. The van der Waals surface area contributed by atoms with Crippen LogP contribution in [0.2, 0.25) is 0 Å². The van der Waals surface area contributed by atoms with Gasteiger partial charge in [0.15, 0.2) is 0 Å². The first-order chi connectivity index (χ1) is 15.3. The summed E-state index contributed by atoms with van der Waals surface area (Å²) in [5, 5.41) is 13.4. The van der Waals surface area contributed by atoms with Crippen LogP contribution in [-0.2, 0) is 35.1 Å². The van der Waals surface area contributed by atoms with E-state index < -0.39 is 35.2 Å². The van der Waals surface area contributed by atoms with E-state index in [1.54, 1.807) is 14.2 Å². The van der Waals surface area contributed by atoms with Crippen LogP contribution in [0.1, 0.15) is 31.2 Å². The monoisotopic (exact) mass is 451 g/mol. The number of nitrogens with one attached hydrogen (secondary N) is 1. The van der Waals surface area contributed by atoms with Gasteiger partial charge in [0.2, 0.25) is 0 Å². The van der Waals surface area contributed by atoms with Gasteiger partial charge < -0.3 is 34.1 Å². The van der Waals surface area contributed by atoms with E-state index in [2.05, 4.69) is 5.32 Å². The molecule has 0 radical (unpaired) electrons. The van der Waals surface area contributed by atoms with E-state index in [0.717, 1.165) is 5.56 Å². The largest absolute Gasteiger partial charge is 0.481 e. The number of carbonyl (C=O) groups excluding carboxylic acids is 1. The first kappa shape index (κ1) is 24.4. The predicted molar refractivity (Wildman–Crippen MR) is 114 cm³/mol. The van der Waals surface area contributed by atoms with Crippen LogP contribution in [0, 0.1) is 5.41 Å². The molecule has 32 heavy (non-hydrogen) atoms. The van der Waals surface area contributed by atoms with Gasteiger partial charge in [0, 0.05) is 41.3 Å². The minimum atomic E-state index is -1.34. The van der Waals surface area contributed by atoms with Crippen LogP contribution in [0.4, 0.5) is 4.79 Å². The molecule has 4 atom stereocenters. The van der Waals surface area contributed by atoms with Gasteiger partial charge in [0.1, 0.15) is 6.61 Å². The van der Waals surface area contributed by atoms with E-state index in [4.69, 9.17) is 23.7 Å². The number of alkyl carbamates (subject to hydrolysis) is 1. The number of amides is 1. The van der Waals surface area contributed by atoms with Crippen molar-refractivity contribution in [3.63, 3.8) is 0 Å². The normalized spacial score (nSPS) is 28.4. The summed E-state index contributed by atoms with van der Waals surface area (Å²) in [7, 11) is 6.18. The molecule has 9 heteroatoms. The maximum absolute atomic E-state index is 12.9. The second-order valence-corrected chi connectivity index (χ2v) is 8.57. The number of ether oxygens (including phenoxy) is 5. The van der Waals surface area contributed by atoms with E-state index in [1.165, 1.54) is 14.2 Å². The number of aliphatic carboxylic acids is 1. The zero-order valence-electron chi connectivity index (χ0n) is 19.0.